The van der Waals surface area contributed by atoms with Crippen LogP contribution in [0.5, 0.6) is 5.75 Å². The van der Waals surface area contributed by atoms with Gasteiger partial charge in [-0.3, -0.25) is 9.59 Å². The normalized spacial score (nSPS) is 12.7. The average Bonchev–Trinajstić information content (AvgIpc) is 2.71. The smallest absolute Gasteiger partial charge is 0.261 e. The van der Waals surface area contributed by atoms with Crippen molar-refractivity contribution >= 4 is 35.0 Å². The molecular formula is C24H30Cl2N2O3. The Bertz CT molecular complexity index is 913. The maximum absolute atomic E-state index is 13.1. The second kappa shape index (κ2) is 11.4. The molecule has 0 aliphatic heterocycles. The van der Waals surface area contributed by atoms with E-state index in [0.717, 1.165) is 23.1 Å². The summed E-state index contributed by atoms with van der Waals surface area (Å²) in [5.41, 5.74) is 2.88. The Labute approximate surface area is 194 Å². The van der Waals surface area contributed by atoms with E-state index in [4.69, 9.17) is 27.9 Å². The molecule has 2 rings (SSSR count). The summed E-state index contributed by atoms with van der Waals surface area (Å²) in [6, 6.07) is 10.3. The standard InChI is InChI=1S/C24H30Cl2N2O3/c1-6-17(4)27-24(30)18(5)28(13-19-7-8-21(25)22(26)12-19)23(29)14-31-20-10-15(2)9-16(3)11-20/h7-12,17-18H,6,13-14H2,1-5H3,(H,27,30)/t17-,18+/m0/s1. The number of carbonyl (C=O) groups excluding carboxylic acids is 2. The summed E-state index contributed by atoms with van der Waals surface area (Å²) in [6.07, 6.45) is 0.801. The zero-order valence-electron chi connectivity index (χ0n) is 18.7. The van der Waals surface area contributed by atoms with E-state index in [9.17, 15) is 9.59 Å². The second-order valence-corrected chi connectivity index (χ2v) is 8.69. The number of rotatable bonds is 9. The molecule has 5 nitrogen and oxygen atoms in total. The van der Waals surface area contributed by atoms with Crippen LogP contribution in [0.3, 0.4) is 0 Å². The van der Waals surface area contributed by atoms with Crippen LogP contribution in [0.4, 0.5) is 0 Å². The summed E-state index contributed by atoms with van der Waals surface area (Å²) in [6.45, 7) is 9.61. The highest BCUT2D eigenvalue weighted by Gasteiger charge is 2.27. The molecule has 168 valence electrons. The quantitative estimate of drug-likeness (QED) is 0.545. The number of hydrogen-bond acceptors (Lipinski definition) is 3. The predicted molar refractivity (Wildman–Crippen MR) is 126 cm³/mol. The van der Waals surface area contributed by atoms with Crippen LogP contribution in [-0.2, 0) is 16.1 Å². The Balaban J connectivity index is 2.20. The third-order valence-electron chi connectivity index (χ3n) is 5.06. The molecule has 1 N–H and O–H groups in total. The molecule has 2 aromatic carbocycles. The maximum atomic E-state index is 13.1. The van der Waals surface area contributed by atoms with Crippen molar-refractivity contribution in [1.82, 2.24) is 10.2 Å². The van der Waals surface area contributed by atoms with Gasteiger partial charge >= 0.3 is 0 Å². The number of halogens is 2. The molecule has 0 bridgehead atoms. The summed E-state index contributed by atoms with van der Waals surface area (Å²) in [5.74, 6) is 0.114. The molecule has 0 unspecified atom stereocenters. The van der Waals surface area contributed by atoms with Gasteiger partial charge in [0.2, 0.25) is 5.91 Å². The molecule has 0 saturated heterocycles. The minimum atomic E-state index is -0.682. The lowest BCUT2D eigenvalue weighted by molar-refractivity contribution is -0.142. The Morgan fingerprint density at radius 3 is 2.26 bits per heavy atom. The Morgan fingerprint density at radius 1 is 1.03 bits per heavy atom. The van der Waals surface area contributed by atoms with E-state index in [2.05, 4.69) is 5.32 Å². The van der Waals surface area contributed by atoms with E-state index in [0.29, 0.717) is 15.8 Å². The molecule has 2 aromatic rings. The van der Waals surface area contributed by atoms with Crippen LogP contribution in [-0.4, -0.2) is 35.4 Å². The summed E-state index contributed by atoms with van der Waals surface area (Å²) < 4.78 is 5.75. The van der Waals surface area contributed by atoms with Gasteiger partial charge in [-0.2, -0.15) is 0 Å². The fourth-order valence-corrected chi connectivity index (χ4v) is 3.45. The number of aryl methyl sites for hydroxylation is 2. The Kier molecular flexibility index (Phi) is 9.20. The second-order valence-electron chi connectivity index (χ2n) is 7.88. The first kappa shape index (κ1) is 25.0. The zero-order chi connectivity index (χ0) is 23.1. The lowest BCUT2D eigenvalue weighted by Gasteiger charge is -2.29. The lowest BCUT2D eigenvalue weighted by atomic mass is 10.1. The largest absolute Gasteiger partial charge is 0.484 e. The number of benzene rings is 2. The van der Waals surface area contributed by atoms with Crippen LogP contribution in [0.15, 0.2) is 36.4 Å². The maximum Gasteiger partial charge on any atom is 0.261 e. The number of carbonyl (C=O) groups is 2. The summed E-state index contributed by atoms with van der Waals surface area (Å²) >= 11 is 12.2. The molecule has 0 aliphatic carbocycles. The van der Waals surface area contributed by atoms with Crippen molar-refractivity contribution in [2.45, 2.75) is 59.7 Å². The molecule has 2 amide bonds. The van der Waals surface area contributed by atoms with Crippen molar-refractivity contribution in [3.8, 4) is 5.75 Å². The van der Waals surface area contributed by atoms with Crippen LogP contribution >= 0.6 is 23.2 Å². The van der Waals surface area contributed by atoms with Gasteiger partial charge in [0.25, 0.3) is 5.91 Å². The fraction of sp³-hybridized carbons (Fsp3) is 0.417. The minimum absolute atomic E-state index is 0.0170. The number of hydrogen-bond donors (Lipinski definition) is 1. The molecule has 31 heavy (non-hydrogen) atoms. The molecule has 0 heterocycles. The van der Waals surface area contributed by atoms with E-state index in [-0.39, 0.29) is 31.0 Å². The fourth-order valence-electron chi connectivity index (χ4n) is 3.13. The summed E-state index contributed by atoms with van der Waals surface area (Å²) in [7, 11) is 0. The highest BCUT2D eigenvalue weighted by molar-refractivity contribution is 6.42. The highest BCUT2D eigenvalue weighted by Crippen LogP contribution is 2.24. The van der Waals surface area contributed by atoms with Crippen LogP contribution in [0, 0.1) is 13.8 Å². The van der Waals surface area contributed by atoms with Gasteiger partial charge < -0.3 is 15.0 Å². The first-order chi connectivity index (χ1) is 14.6. The molecule has 0 aromatic heterocycles. The molecule has 7 heteroatoms. The van der Waals surface area contributed by atoms with Gasteiger partial charge in [-0.25, -0.2) is 0 Å². The van der Waals surface area contributed by atoms with E-state index in [1.807, 2.05) is 45.9 Å². The summed E-state index contributed by atoms with van der Waals surface area (Å²) in [4.78, 5) is 27.3. The van der Waals surface area contributed by atoms with Gasteiger partial charge in [0.1, 0.15) is 11.8 Å². The monoisotopic (exact) mass is 464 g/mol. The van der Waals surface area contributed by atoms with E-state index >= 15 is 0 Å². The van der Waals surface area contributed by atoms with Gasteiger partial charge in [-0.15, -0.1) is 0 Å². The van der Waals surface area contributed by atoms with Crippen LogP contribution in [0.1, 0.15) is 43.9 Å². The summed E-state index contributed by atoms with van der Waals surface area (Å²) in [5, 5.41) is 3.77. The Hall–Kier alpha value is -2.24. The molecule has 0 radical (unpaired) electrons. The van der Waals surface area contributed by atoms with Crippen molar-refractivity contribution in [1.29, 1.82) is 0 Å². The first-order valence-corrected chi connectivity index (χ1v) is 11.1. The topological polar surface area (TPSA) is 58.6 Å². The number of amides is 2. The minimum Gasteiger partial charge on any atom is -0.484 e. The number of nitrogens with one attached hydrogen (secondary N) is 1. The lowest BCUT2D eigenvalue weighted by Crippen LogP contribution is -2.50. The molecule has 0 aliphatic rings. The first-order valence-electron chi connectivity index (χ1n) is 10.4. The van der Waals surface area contributed by atoms with Crippen LogP contribution in [0.25, 0.3) is 0 Å². The van der Waals surface area contributed by atoms with Crippen LogP contribution < -0.4 is 10.1 Å². The molecule has 0 saturated carbocycles. The van der Waals surface area contributed by atoms with E-state index in [1.165, 1.54) is 4.90 Å². The van der Waals surface area contributed by atoms with Gasteiger partial charge in [-0.1, -0.05) is 42.3 Å². The van der Waals surface area contributed by atoms with Crippen molar-refractivity contribution < 1.29 is 14.3 Å². The van der Waals surface area contributed by atoms with Crippen LogP contribution in [0.2, 0.25) is 10.0 Å². The van der Waals surface area contributed by atoms with E-state index in [1.54, 1.807) is 25.1 Å². The SMILES string of the molecule is CC[C@H](C)NC(=O)[C@@H](C)N(Cc1ccc(Cl)c(Cl)c1)C(=O)COc1cc(C)cc(C)c1. The number of nitrogens with zero attached hydrogens (tertiary/aromatic N) is 1. The molecule has 0 fully saturated rings. The van der Waals surface area contributed by atoms with Gasteiger partial charge in [0.15, 0.2) is 6.61 Å². The Morgan fingerprint density at radius 2 is 1.68 bits per heavy atom. The van der Waals surface area contributed by atoms with Gasteiger partial charge in [0.05, 0.1) is 10.0 Å². The van der Waals surface area contributed by atoms with Crippen molar-refractivity contribution in [3.05, 3.63) is 63.1 Å². The van der Waals surface area contributed by atoms with Gasteiger partial charge in [-0.05, 0) is 75.1 Å². The van der Waals surface area contributed by atoms with Crippen molar-refractivity contribution in [3.63, 3.8) is 0 Å². The van der Waals surface area contributed by atoms with Crippen molar-refractivity contribution in [2.75, 3.05) is 6.61 Å². The molecular weight excluding hydrogens is 435 g/mol. The van der Waals surface area contributed by atoms with Crippen molar-refractivity contribution in [2.24, 2.45) is 0 Å². The molecule has 0 spiro atoms. The third-order valence-corrected chi connectivity index (χ3v) is 5.80. The number of ether oxygens (including phenoxy) is 1. The zero-order valence-corrected chi connectivity index (χ0v) is 20.2. The highest BCUT2D eigenvalue weighted by atomic mass is 35.5. The van der Waals surface area contributed by atoms with Gasteiger partial charge in [0, 0.05) is 12.6 Å². The third kappa shape index (κ3) is 7.44. The van der Waals surface area contributed by atoms with E-state index < -0.39 is 6.04 Å². The average molecular weight is 465 g/mol. The molecule has 2 atom stereocenters. The predicted octanol–water partition coefficient (Wildman–Crippen LogP) is 5.32.